The van der Waals surface area contributed by atoms with Gasteiger partial charge in [-0.15, -0.1) is 0 Å². The van der Waals surface area contributed by atoms with E-state index in [0.717, 1.165) is 12.8 Å². The van der Waals surface area contributed by atoms with Gasteiger partial charge in [0, 0.05) is 31.5 Å². The zero-order valence-corrected chi connectivity index (χ0v) is 11.4. The van der Waals surface area contributed by atoms with Crippen LogP contribution in [0.2, 0.25) is 0 Å². The number of amides is 2. The van der Waals surface area contributed by atoms with E-state index in [-0.39, 0.29) is 18.0 Å². The molecule has 0 atom stereocenters. The van der Waals surface area contributed by atoms with Crippen LogP contribution in [0.15, 0.2) is 0 Å². The number of hydrogen-bond donors (Lipinski definition) is 1. The lowest BCUT2D eigenvalue weighted by atomic mass is 10.0. The maximum atomic E-state index is 11.8. The minimum atomic E-state index is -0.251. The number of piperidine rings is 1. The van der Waals surface area contributed by atoms with E-state index in [9.17, 15) is 9.59 Å². The number of rotatable bonds is 4. The Kier molecular flexibility index (Phi) is 5.01. The van der Waals surface area contributed by atoms with Crippen LogP contribution in [0.5, 0.6) is 0 Å². The molecule has 0 radical (unpaired) electrons. The van der Waals surface area contributed by atoms with Gasteiger partial charge in [-0.3, -0.25) is 4.79 Å². The van der Waals surface area contributed by atoms with Crippen LogP contribution in [0, 0.1) is 5.92 Å². The third kappa shape index (κ3) is 4.09. The van der Waals surface area contributed by atoms with Gasteiger partial charge in [0.05, 0.1) is 19.8 Å². The molecule has 0 aliphatic carbocycles. The van der Waals surface area contributed by atoms with Crippen molar-refractivity contribution in [2.24, 2.45) is 5.92 Å². The SMILES string of the molecule is CCOC(=O)N1CCC(NC(=O)CC2COC2)CC1. The molecule has 2 aliphatic heterocycles. The van der Waals surface area contributed by atoms with Gasteiger partial charge in [-0.1, -0.05) is 0 Å². The zero-order chi connectivity index (χ0) is 13.7. The van der Waals surface area contributed by atoms with Gasteiger partial charge in [-0.25, -0.2) is 4.79 Å². The van der Waals surface area contributed by atoms with Gasteiger partial charge in [0.1, 0.15) is 0 Å². The first kappa shape index (κ1) is 14.1. The molecule has 0 unspecified atom stereocenters. The van der Waals surface area contributed by atoms with Crippen molar-refractivity contribution in [2.45, 2.75) is 32.2 Å². The molecule has 108 valence electrons. The van der Waals surface area contributed by atoms with Crippen LogP contribution in [0.3, 0.4) is 0 Å². The second-order valence-electron chi connectivity index (χ2n) is 5.14. The number of nitrogens with one attached hydrogen (secondary N) is 1. The summed E-state index contributed by atoms with van der Waals surface area (Å²) in [6, 6.07) is 0.180. The fraction of sp³-hybridized carbons (Fsp3) is 0.846. The lowest BCUT2D eigenvalue weighted by Gasteiger charge is -2.32. The average Bonchev–Trinajstić information content (AvgIpc) is 2.35. The summed E-state index contributed by atoms with van der Waals surface area (Å²) < 4.78 is 10.0. The Balaban J connectivity index is 1.65. The van der Waals surface area contributed by atoms with Gasteiger partial charge in [-0.05, 0) is 19.8 Å². The van der Waals surface area contributed by atoms with Gasteiger partial charge in [-0.2, -0.15) is 0 Å². The Hall–Kier alpha value is -1.30. The van der Waals surface area contributed by atoms with Crippen molar-refractivity contribution < 1.29 is 19.1 Å². The Morgan fingerprint density at radius 2 is 2.00 bits per heavy atom. The van der Waals surface area contributed by atoms with E-state index in [1.54, 1.807) is 11.8 Å². The second kappa shape index (κ2) is 6.75. The molecule has 0 aromatic carbocycles. The average molecular weight is 270 g/mol. The van der Waals surface area contributed by atoms with Crippen LogP contribution in [0.25, 0.3) is 0 Å². The molecule has 0 bridgehead atoms. The number of hydrogen-bond acceptors (Lipinski definition) is 4. The Morgan fingerprint density at radius 3 is 2.53 bits per heavy atom. The van der Waals surface area contributed by atoms with Crippen LogP contribution < -0.4 is 5.32 Å². The largest absolute Gasteiger partial charge is 0.450 e. The number of carbonyl (C=O) groups is 2. The van der Waals surface area contributed by atoms with Crippen molar-refractivity contribution in [1.29, 1.82) is 0 Å². The maximum absolute atomic E-state index is 11.8. The fourth-order valence-corrected chi connectivity index (χ4v) is 2.37. The summed E-state index contributed by atoms with van der Waals surface area (Å²) >= 11 is 0. The highest BCUT2D eigenvalue weighted by Gasteiger charge is 2.26. The molecule has 2 aliphatic rings. The third-order valence-electron chi connectivity index (χ3n) is 3.57. The molecule has 2 fully saturated rings. The topological polar surface area (TPSA) is 67.9 Å². The maximum Gasteiger partial charge on any atom is 0.409 e. The lowest BCUT2D eigenvalue weighted by Crippen LogP contribution is -2.47. The first-order valence-electron chi connectivity index (χ1n) is 6.98. The second-order valence-corrected chi connectivity index (χ2v) is 5.14. The molecule has 2 saturated heterocycles. The van der Waals surface area contributed by atoms with Crippen molar-refractivity contribution in [1.82, 2.24) is 10.2 Å². The van der Waals surface area contributed by atoms with Crippen LogP contribution in [0.1, 0.15) is 26.2 Å². The molecular weight excluding hydrogens is 248 g/mol. The van der Waals surface area contributed by atoms with E-state index in [0.29, 0.717) is 45.2 Å². The molecule has 6 heteroatoms. The summed E-state index contributed by atoms with van der Waals surface area (Å²) in [5, 5.41) is 3.04. The standard InChI is InChI=1S/C13H22N2O4/c1-2-19-13(17)15-5-3-11(4-6-15)14-12(16)7-10-8-18-9-10/h10-11H,2-9H2,1H3,(H,14,16). The van der Waals surface area contributed by atoms with E-state index in [1.165, 1.54) is 0 Å². The number of carbonyl (C=O) groups excluding carboxylic acids is 2. The van der Waals surface area contributed by atoms with Crippen LogP contribution in [-0.2, 0) is 14.3 Å². The van der Waals surface area contributed by atoms with E-state index in [2.05, 4.69) is 5.32 Å². The molecule has 0 aromatic heterocycles. The normalized spacial score (nSPS) is 20.8. The quantitative estimate of drug-likeness (QED) is 0.819. The zero-order valence-electron chi connectivity index (χ0n) is 11.4. The first-order chi connectivity index (χ1) is 9.19. The van der Waals surface area contributed by atoms with Gasteiger partial charge in [0.2, 0.25) is 5.91 Å². The van der Waals surface area contributed by atoms with E-state index in [4.69, 9.17) is 9.47 Å². The van der Waals surface area contributed by atoms with Crippen LogP contribution in [0.4, 0.5) is 4.79 Å². The number of likely N-dealkylation sites (tertiary alicyclic amines) is 1. The molecule has 2 rings (SSSR count). The summed E-state index contributed by atoms with van der Waals surface area (Å²) in [4.78, 5) is 25.0. The van der Waals surface area contributed by atoms with Crippen molar-refractivity contribution in [3.05, 3.63) is 0 Å². The monoisotopic (exact) mass is 270 g/mol. The highest BCUT2D eigenvalue weighted by molar-refractivity contribution is 5.76. The van der Waals surface area contributed by atoms with E-state index >= 15 is 0 Å². The Labute approximate surface area is 113 Å². The minimum absolute atomic E-state index is 0.0999. The summed E-state index contributed by atoms with van der Waals surface area (Å²) in [7, 11) is 0. The molecule has 19 heavy (non-hydrogen) atoms. The van der Waals surface area contributed by atoms with Crippen molar-refractivity contribution in [3.63, 3.8) is 0 Å². The van der Waals surface area contributed by atoms with Crippen molar-refractivity contribution >= 4 is 12.0 Å². The fourth-order valence-electron chi connectivity index (χ4n) is 2.37. The summed E-state index contributed by atoms with van der Waals surface area (Å²) in [5.74, 6) is 0.488. The van der Waals surface area contributed by atoms with Crippen LogP contribution in [-0.4, -0.2) is 55.9 Å². The highest BCUT2D eigenvalue weighted by Crippen LogP contribution is 2.15. The molecule has 0 saturated carbocycles. The van der Waals surface area contributed by atoms with Crippen LogP contribution >= 0.6 is 0 Å². The van der Waals surface area contributed by atoms with Gasteiger partial charge in [0.15, 0.2) is 0 Å². The summed E-state index contributed by atoms with van der Waals surface area (Å²) in [6.45, 7) is 4.91. The lowest BCUT2D eigenvalue weighted by molar-refractivity contribution is -0.127. The van der Waals surface area contributed by atoms with Crippen molar-refractivity contribution in [2.75, 3.05) is 32.9 Å². The molecule has 6 nitrogen and oxygen atoms in total. The van der Waals surface area contributed by atoms with Crippen molar-refractivity contribution in [3.8, 4) is 0 Å². The Morgan fingerprint density at radius 1 is 1.32 bits per heavy atom. The molecule has 0 aromatic rings. The summed E-state index contributed by atoms with van der Waals surface area (Å²) in [5.41, 5.74) is 0. The van der Waals surface area contributed by atoms with Gasteiger partial charge < -0.3 is 19.7 Å². The minimum Gasteiger partial charge on any atom is -0.450 e. The molecule has 0 spiro atoms. The van der Waals surface area contributed by atoms with E-state index < -0.39 is 0 Å². The highest BCUT2D eigenvalue weighted by atomic mass is 16.6. The van der Waals surface area contributed by atoms with E-state index in [1.807, 2.05) is 0 Å². The molecule has 2 amide bonds. The molecular formula is C13H22N2O4. The first-order valence-corrected chi connectivity index (χ1v) is 6.98. The summed E-state index contributed by atoms with van der Waals surface area (Å²) in [6.07, 6.45) is 1.90. The smallest absolute Gasteiger partial charge is 0.409 e. The van der Waals surface area contributed by atoms with Gasteiger partial charge in [0.25, 0.3) is 0 Å². The third-order valence-corrected chi connectivity index (χ3v) is 3.57. The van der Waals surface area contributed by atoms with Gasteiger partial charge >= 0.3 is 6.09 Å². The molecule has 2 heterocycles. The number of nitrogens with zero attached hydrogens (tertiary/aromatic N) is 1. The molecule has 1 N–H and O–H groups in total. The predicted molar refractivity (Wildman–Crippen MR) is 68.7 cm³/mol. The predicted octanol–water partition coefficient (Wildman–Crippen LogP) is 0.760. The Bertz CT molecular complexity index is 323. The number of ether oxygens (including phenoxy) is 2.